The molecule has 126 valence electrons. The number of hydrogen-bond acceptors (Lipinski definition) is 4. The summed E-state index contributed by atoms with van der Waals surface area (Å²) in [6, 6.07) is 13.0. The average molecular weight is 345 g/mol. The van der Waals surface area contributed by atoms with Gasteiger partial charge in [0.15, 0.2) is 0 Å². The standard InChI is InChI=1S/C18H19NO4S/c20-17(15-8-9-16(24-15)18(21)22)19-10-4-7-14(11-19)23-12-13-5-2-1-3-6-13/h1-3,5-6,8-9,14H,4,7,10-12H2,(H,21,22)/t14-/m1/s1. The fourth-order valence-corrected chi connectivity index (χ4v) is 3.58. The SMILES string of the molecule is O=C(O)c1ccc(C(=O)N2CCC[C@@H](OCc3ccccc3)C2)s1. The van der Waals surface area contributed by atoms with E-state index in [-0.39, 0.29) is 16.9 Å². The topological polar surface area (TPSA) is 66.8 Å². The number of benzene rings is 1. The van der Waals surface area contributed by atoms with Gasteiger partial charge in [-0.25, -0.2) is 4.79 Å². The van der Waals surface area contributed by atoms with E-state index in [0.29, 0.717) is 24.6 Å². The third-order valence-corrected chi connectivity index (χ3v) is 5.08. The smallest absolute Gasteiger partial charge is 0.345 e. The van der Waals surface area contributed by atoms with E-state index in [0.717, 1.165) is 29.7 Å². The van der Waals surface area contributed by atoms with Crippen molar-refractivity contribution in [2.24, 2.45) is 0 Å². The van der Waals surface area contributed by atoms with Gasteiger partial charge in [0.25, 0.3) is 5.91 Å². The summed E-state index contributed by atoms with van der Waals surface area (Å²) in [5.41, 5.74) is 1.12. The Morgan fingerprint density at radius 3 is 2.62 bits per heavy atom. The Morgan fingerprint density at radius 2 is 1.92 bits per heavy atom. The van der Waals surface area contributed by atoms with Gasteiger partial charge in [-0.2, -0.15) is 0 Å². The van der Waals surface area contributed by atoms with Gasteiger partial charge in [0.2, 0.25) is 0 Å². The molecule has 3 rings (SSSR count). The number of hydrogen-bond donors (Lipinski definition) is 1. The number of carboxylic acids is 1. The Bertz CT molecular complexity index is 713. The maximum Gasteiger partial charge on any atom is 0.345 e. The molecule has 1 aliphatic rings. The van der Waals surface area contributed by atoms with Crippen molar-refractivity contribution >= 4 is 23.2 Å². The molecule has 1 amide bonds. The van der Waals surface area contributed by atoms with E-state index in [1.807, 2.05) is 30.3 Å². The molecule has 1 atom stereocenters. The first kappa shape index (κ1) is 16.7. The zero-order valence-corrected chi connectivity index (χ0v) is 14.0. The van der Waals surface area contributed by atoms with Crippen LogP contribution < -0.4 is 0 Å². The van der Waals surface area contributed by atoms with Crippen molar-refractivity contribution in [3.8, 4) is 0 Å². The molecule has 0 aliphatic carbocycles. The van der Waals surface area contributed by atoms with Crippen molar-refractivity contribution in [2.45, 2.75) is 25.6 Å². The molecule has 0 radical (unpaired) electrons. The molecule has 6 heteroatoms. The number of amides is 1. The van der Waals surface area contributed by atoms with E-state index < -0.39 is 5.97 Å². The van der Waals surface area contributed by atoms with E-state index in [4.69, 9.17) is 9.84 Å². The predicted octanol–water partition coefficient (Wildman–Crippen LogP) is 3.27. The molecule has 24 heavy (non-hydrogen) atoms. The summed E-state index contributed by atoms with van der Waals surface area (Å²) >= 11 is 1.02. The quantitative estimate of drug-likeness (QED) is 0.903. The highest BCUT2D eigenvalue weighted by molar-refractivity contribution is 7.15. The van der Waals surface area contributed by atoms with Gasteiger partial charge in [-0.3, -0.25) is 4.79 Å². The van der Waals surface area contributed by atoms with Crippen molar-refractivity contribution in [3.63, 3.8) is 0 Å². The summed E-state index contributed by atoms with van der Waals surface area (Å²) in [5, 5.41) is 8.98. The lowest BCUT2D eigenvalue weighted by molar-refractivity contribution is -0.00659. The van der Waals surface area contributed by atoms with Gasteiger partial charge in [-0.05, 0) is 30.5 Å². The van der Waals surface area contributed by atoms with Crippen LogP contribution in [0.5, 0.6) is 0 Å². The predicted molar refractivity (Wildman–Crippen MR) is 91.4 cm³/mol. The first-order chi connectivity index (χ1) is 11.6. The second-order valence-electron chi connectivity index (χ2n) is 5.78. The van der Waals surface area contributed by atoms with Crippen molar-refractivity contribution < 1.29 is 19.4 Å². The molecule has 0 spiro atoms. The zero-order valence-electron chi connectivity index (χ0n) is 13.2. The second kappa shape index (κ2) is 7.59. The van der Waals surface area contributed by atoms with Crippen LogP contribution in [0.2, 0.25) is 0 Å². The van der Waals surface area contributed by atoms with Gasteiger partial charge in [-0.15, -0.1) is 11.3 Å². The molecular formula is C18H19NO4S. The van der Waals surface area contributed by atoms with Gasteiger partial charge in [0.05, 0.1) is 17.6 Å². The minimum Gasteiger partial charge on any atom is -0.477 e. The highest BCUT2D eigenvalue weighted by atomic mass is 32.1. The first-order valence-corrected chi connectivity index (χ1v) is 8.73. The third-order valence-electron chi connectivity index (χ3n) is 4.02. The lowest BCUT2D eigenvalue weighted by Crippen LogP contribution is -2.42. The summed E-state index contributed by atoms with van der Waals surface area (Å²) in [7, 11) is 0. The average Bonchev–Trinajstić information content (AvgIpc) is 3.11. The van der Waals surface area contributed by atoms with Crippen LogP contribution in [0.4, 0.5) is 0 Å². The largest absolute Gasteiger partial charge is 0.477 e. The van der Waals surface area contributed by atoms with E-state index >= 15 is 0 Å². The molecule has 5 nitrogen and oxygen atoms in total. The Labute approximate surface area is 144 Å². The maximum atomic E-state index is 12.5. The van der Waals surface area contributed by atoms with E-state index in [1.165, 1.54) is 6.07 Å². The minimum absolute atomic E-state index is 0.0156. The number of thiophene rings is 1. The Hall–Kier alpha value is -2.18. The van der Waals surface area contributed by atoms with Gasteiger partial charge < -0.3 is 14.7 Å². The number of likely N-dealkylation sites (tertiary alicyclic amines) is 1. The normalized spacial score (nSPS) is 17.7. The molecule has 0 bridgehead atoms. The molecule has 2 heterocycles. The summed E-state index contributed by atoms with van der Waals surface area (Å²) in [5.74, 6) is -1.11. The van der Waals surface area contributed by atoms with E-state index in [1.54, 1.807) is 11.0 Å². The van der Waals surface area contributed by atoms with Crippen molar-refractivity contribution in [1.29, 1.82) is 0 Å². The number of carbonyl (C=O) groups excluding carboxylic acids is 1. The number of ether oxygens (including phenoxy) is 1. The fraction of sp³-hybridized carbons (Fsp3) is 0.333. The minimum atomic E-state index is -0.998. The highest BCUT2D eigenvalue weighted by Crippen LogP contribution is 2.22. The van der Waals surface area contributed by atoms with Crippen LogP contribution in [-0.2, 0) is 11.3 Å². The molecule has 1 aromatic heterocycles. The lowest BCUT2D eigenvalue weighted by Gasteiger charge is -2.32. The number of rotatable bonds is 5. The Kier molecular flexibility index (Phi) is 5.27. The molecule has 1 saturated heterocycles. The second-order valence-corrected chi connectivity index (χ2v) is 6.86. The third kappa shape index (κ3) is 4.01. The van der Waals surface area contributed by atoms with Crippen LogP contribution in [0.1, 0.15) is 37.7 Å². The lowest BCUT2D eigenvalue weighted by atomic mass is 10.1. The molecule has 1 aromatic carbocycles. The van der Waals surface area contributed by atoms with Crippen LogP contribution in [0.3, 0.4) is 0 Å². The summed E-state index contributed by atoms with van der Waals surface area (Å²) in [6.45, 7) is 1.77. The molecule has 1 aliphatic heterocycles. The van der Waals surface area contributed by atoms with Gasteiger partial charge in [0, 0.05) is 13.1 Å². The summed E-state index contributed by atoms with van der Waals surface area (Å²) in [6.07, 6.45) is 1.84. The highest BCUT2D eigenvalue weighted by Gasteiger charge is 2.26. The molecule has 2 aromatic rings. The summed E-state index contributed by atoms with van der Waals surface area (Å²) in [4.78, 5) is 25.9. The first-order valence-electron chi connectivity index (χ1n) is 7.91. The monoisotopic (exact) mass is 345 g/mol. The van der Waals surface area contributed by atoms with Crippen molar-refractivity contribution in [1.82, 2.24) is 4.90 Å². The molecule has 1 fully saturated rings. The van der Waals surface area contributed by atoms with Crippen molar-refractivity contribution in [2.75, 3.05) is 13.1 Å². The van der Waals surface area contributed by atoms with Gasteiger partial charge in [0.1, 0.15) is 4.88 Å². The number of carboxylic acid groups (broad SMARTS) is 1. The fourth-order valence-electron chi connectivity index (χ4n) is 2.77. The van der Waals surface area contributed by atoms with Crippen LogP contribution in [0.15, 0.2) is 42.5 Å². The van der Waals surface area contributed by atoms with Crippen LogP contribution in [-0.4, -0.2) is 41.1 Å². The van der Waals surface area contributed by atoms with E-state index in [2.05, 4.69) is 0 Å². The van der Waals surface area contributed by atoms with Crippen LogP contribution in [0.25, 0.3) is 0 Å². The number of aromatic carboxylic acids is 1. The van der Waals surface area contributed by atoms with Gasteiger partial charge in [-0.1, -0.05) is 30.3 Å². The van der Waals surface area contributed by atoms with Gasteiger partial charge >= 0.3 is 5.97 Å². The number of carbonyl (C=O) groups is 2. The van der Waals surface area contributed by atoms with E-state index in [9.17, 15) is 9.59 Å². The van der Waals surface area contributed by atoms with Crippen LogP contribution in [0, 0.1) is 0 Å². The molecule has 0 saturated carbocycles. The molecular weight excluding hydrogens is 326 g/mol. The number of nitrogens with zero attached hydrogens (tertiary/aromatic N) is 1. The zero-order chi connectivity index (χ0) is 16.9. The summed E-state index contributed by atoms with van der Waals surface area (Å²) < 4.78 is 5.94. The maximum absolute atomic E-state index is 12.5. The van der Waals surface area contributed by atoms with Crippen LogP contribution >= 0.6 is 11.3 Å². The number of piperidine rings is 1. The Morgan fingerprint density at radius 1 is 1.17 bits per heavy atom. The molecule has 1 N–H and O–H groups in total. The van der Waals surface area contributed by atoms with Crippen molar-refractivity contribution in [3.05, 3.63) is 57.8 Å². The Balaban J connectivity index is 1.58. The molecule has 0 unspecified atom stereocenters.